The van der Waals surface area contributed by atoms with E-state index in [1.54, 1.807) is 0 Å². The van der Waals surface area contributed by atoms with E-state index < -0.39 is 0 Å². The number of rotatable bonds is 6. The standard InChI is InChI=1S/C11H21N3/c1-10(2)4-7-12-8-5-11-6-9-13-14(11)3/h6,9-10,12H,4-5,7-8H2,1-3H3. The van der Waals surface area contributed by atoms with Crippen LogP contribution in [0.1, 0.15) is 26.0 Å². The third-order valence-corrected chi connectivity index (χ3v) is 2.38. The molecule has 0 unspecified atom stereocenters. The Bertz CT molecular complexity index is 253. The normalized spacial score (nSPS) is 11.1. The van der Waals surface area contributed by atoms with E-state index in [4.69, 9.17) is 0 Å². The van der Waals surface area contributed by atoms with E-state index in [1.165, 1.54) is 12.1 Å². The molecule has 3 heteroatoms. The minimum Gasteiger partial charge on any atom is -0.316 e. The van der Waals surface area contributed by atoms with E-state index in [0.29, 0.717) is 0 Å². The average molecular weight is 195 g/mol. The molecule has 0 radical (unpaired) electrons. The Morgan fingerprint density at radius 1 is 1.43 bits per heavy atom. The number of nitrogens with one attached hydrogen (secondary N) is 1. The summed E-state index contributed by atoms with van der Waals surface area (Å²) in [7, 11) is 1.99. The van der Waals surface area contributed by atoms with E-state index in [1.807, 2.05) is 17.9 Å². The van der Waals surface area contributed by atoms with Gasteiger partial charge in [0.2, 0.25) is 0 Å². The summed E-state index contributed by atoms with van der Waals surface area (Å²) < 4.78 is 1.93. The molecule has 0 saturated heterocycles. The summed E-state index contributed by atoms with van der Waals surface area (Å²) in [6.07, 6.45) is 4.17. The molecule has 1 aromatic rings. The fraction of sp³-hybridized carbons (Fsp3) is 0.727. The molecule has 0 atom stereocenters. The van der Waals surface area contributed by atoms with Crippen molar-refractivity contribution in [1.82, 2.24) is 15.1 Å². The largest absolute Gasteiger partial charge is 0.316 e. The van der Waals surface area contributed by atoms with Crippen LogP contribution in [0.25, 0.3) is 0 Å². The van der Waals surface area contributed by atoms with Gasteiger partial charge in [0.15, 0.2) is 0 Å². The summed E-state index contributed by atoms with van der Waals surface area (Å²) in [4.78, 5) is 0. The third kappa shape index (κ3) is 3.92. The zero-order chi connectivity index (χ0) is 10.4. The molecule has 3 nitrogen and oxygen atoms in total. The quantitative estimate of drug-likeness (QED) is 0.699. The van der Waals surface area contributed by atoms with Crippen molar-refractivity contribution in [2.75, 3.05) is 13.1 Å². The molecule has 0 aliphatic rings. The van der Waals surface area contributed by atoms with Crippen molar-refractivity contribution in [3.63, 3.8) is 0 Å². The predicted molar refractivity (Wildman–Crippen MR) is 59.2 cm³/mol. The minimum absolute atomic E-state index is 0.791. The van der Waals surface area contributed by atoms with Crippen LogP contribution >= 0.6 is 0 Å². The van der Waals surface area contributed by atoms with Gasteiger partial charge in [0.05, 0.1) is 0 Å². The maximum atomic E-state index is 4.13. The molecule has 0 spiro atoms. The van der Waals surface area contributed by atoms with Gasteiger partial charge in [0.25, 0.3) is 0 Å². The van der Waals surface area contributed by atoms with Crippen molar-refractivity contribution in [1.29, 1.82) is 0 Å². The topological polar surface area (TPSA) is 29.9 Å². The molecule has 0 aliphatic heterocycles. The van der Waals surface area contributed by atoms with Gasteiger partial charge in [-0.2, -0.15) is 5.10 Å². The maximum absolute atomic E-state index is 4.13. The fourth-order valence-electron chi connectivity index (χ4n) is 1.38. The van der Waals surface area contributed by atoms with Crippen LogP contribution in [0.3, 0.4) is 0 Å². The molecule has 80 valence electrons. The summed E-state index contributed by atoms with van der Waals surface area (Å²) >= 11 is 0. The molecule has 1 rings (SSSR count). The van der Waals surface area contributed by atoms with Crippen molar-refractivity contribution < 1.29 is 0 Å². The summed E-state index contributed by atoms with van der Waals surface area (Å²) in [6, 6.07) is 2.07. The van der Waals surface area contributed by atoms with Crippen molar-refractivity contribution in [3.8, 4) is 0 Å². The van der Waals surface area contributed by atoms with Gasteiger partial charge in [-0.15, -0.1) is 0 Å². The Balaban J connectivity index is 2.08. The van der Waals surface area contributed by atoms with Crippen LogP contribution in [0.5, 0.6) is 0 Å². The van der Waals surface area contributed by atoms with Crippen molar-refractivity contribution in [3.05, 3.63) is 18.0 Å². The van der Waals surface area contributed by atoms with Crippen LogP contribution in [-0.4, -0.2) is 22.9 Å². The zero-order valence-electron chi connectivity index (χ0n) is 9.45. The molecule has 0 aromatic carbocycles. The number of aryl methyl sites for hydroxylation is 1. The van der Waals surface area contributed by atoms with Crippen molar-refractivity contribution >= 4 is 0 Å². The third-order valence-electron chi connectivity index (χ3n) is 2.38. The summed E-state index contributed by atoms with van der Waals surface area (Å²) in [5.74, 6) is 0.791. The second-order valence-electron chi connectivity index (χ2n) is 4.13. The number of aromatic nitrogens is 2. The number of nitrogens with zero attached hydrogens (tertiary/aromatic N) is 2. The lowest BCUT2D eigenvalue weighted by Gasteiger charge is -2.06. The van der Waals surface area contributed by atoms with Crippen LogP contribution in [0.15, 0.2) is 12.3 Å². The molecule has 0 amide bonds. The first-order chi connectivity index (χ1) is 6.70. The van der Waals surface area contributed by atoms with Gasteiger partial charge in [-0.3, -0.25) is 4.68 Å². The Morgan fingerprint density at radius 3 is 2.79 bits per heavy atom. The predicted octanol–water partition coefficient (Wildman–Crippen LogP) is 1.60. The van der Waals surface area contributed by atoms with Gasteiger partial charge in [-0.05, 0) is 24.9 Å². The first kappa shape index (κ1) is 11.2. The van der Waals surface area contributed by atoms with E-state index in [0.717, 1.165) is 25.4 Å². The monoisotopic (exact) mass is 195 g/mol. The molecule has 0 bridgehead atoms. The molecule has 1 N–H and O–H groups in total. The highest BCUT2D eigenvalue weighted by molar-refractivity contribution is 5.00. The average Bonchev–Trinajstić information content (AvgIpc) is 2.51. The molecule has 0 fully saturated rings. The molecular weight excluding hydrogens is 174 g/mol. The Labute approximate surface area is 86.5 Å². The molecule has 0 saturated carbocycles. The van der Waals surface area contributed by atoms with Gasteiger partial charge in [0, 0.05) is 31.9 Å². The van der Waals surface area contributed by atoms with Crippen molar-refractivity contribution in [2.24, 2.45) is 13.0 Å². The highest BCUT2D eigenvalue weighted by Gasteiger charge is 1.97. The molecule has 14 heavy (non-hydrogen) atoms. The Morgan fingerprint density at radius 2 is 2.21 bits per heavy atom. The van der Waals surface area contributed by atoms with Crippen LogP contribution in [-0.2, 0) is 13.5 Å². The summed E-state index contributed by atoms with van der Waals surface area (Å²) in [5.41, 5.74) is 1.29. The summed E-state index contributed by atoms with van der Waals surface area (Å²) in [5, 5.41) is 7.57. The second-order valence-corrected chi connectivity index (χ2v) is 4.13. The van der Waals surface area contributed by atoms with Crippen LogP contribution in [0.4, 0.5) is 0 Å². The lowest BCUT2D eigenvalue weighted by molar-refractivity contribution is 0.535. The van der Waals surface area contributed by atoms with E-state index in [2.05, 4.69) is 30.3 Å². The number of hydrogen-bond acceptors (Lipinski definition) is 2. The van der Waals surface area contributed by atoms with Gasteiger partial charge in [0.1, 0.15) is 0 Å². The SMILES string of the molecule is CC(C)CCNCCc1ccnn1C. The molecule has 1 aromatic heterocycles. The van der Waals surface area contributed by atoms with Crippen molar-refractivity contribution in [2.45, 2.75) is 26.7 Å². The second kappa shape index (κ2) is 5.81. The highest BCUT2D eigenvalue weighted by Crippen LogP contribution is 1.98. The first-order valence-electron chi connectivity index (χ1n) is 5.37. The molecule has 1 heterocycles. The first-order valence-corrected chi connectivity index (χ1v) is 5.37. The molecule has 0 aliphatic carbocycles. The van der Waals surface area contributed by atoms with Gasteiger partial charge in [-0.25, -0.2) is 0 Å². The van der Waals surface area contributed by atoms with Crippen LogP contribution in [0.2, 0.25) is 0 Å². The number of hydrogen-bond donors (Lipinski definition) is 1. The van der Waals surface area contributed by atoms with Gasteiger partial charge >= 0.3 is 0 Å². The fourth-order valence-corrected chi connectivity index (χ4v) is 1.38. The lowest BCUT2D eigenvalue weighted by atomic mass is 10.1. The Hall–Kier alpha value is -0.830. The van der Waals surface area contributed by atoms with Crippen LogP contribution < -0.4 is 5.32 Å². The van der Waals surface area contributed by atoms with E-state index >= 15 is 0 Å². The van der Waals surface area contributed by atoms with Crippen LogP contribution in [0, 0.1) is 5.92 Å². The highest BCUT2D eigenvalue weighted by atomic mass is 15.3. The minimum atomic E-state index is 0.791. The lowest BCUT2D eigenvalue weighted by Crippen LogP contribution is -2.20. The zero-order valence-corrected chi connectivity index (χ0v) is 9.45. The van der Waals surface area contributed by atoms with E-state index in [9.17, 15) is 0 Å². The summed E-state index contributed by atoms with van der Waals surface area (Å²) in [6.45, 7) is 6.67. The smallest absolute Gasteiger partial charge is 0.0492 e. The van der Waals surface area contributed by atoms with Gasteiger partial charge in [-0.1, -0.05) is 13.8 Å². The Kier molecular flexibility index (Phi) is 4.66. The van der Waals surface area contributed by atoms with E-state index in [-0.39, 0.29) is 0 Å². The maximum Gasteiger partial charge on any atom is 0.0492 e. The molecular formula is C11H21N3. The van der Waals surface area contributed by atoms with Gasteiger partial charge < -0.3 is 5.32 Å².